The highest BCUT2D eigenvalue weighted by Crippen LogP contribution is 2.38. The van der Waals surface area contributed by atoms with Gasteiger partial charge < -0.3 is 15.3 Å². The Bertz CT molecular complexity index is 295. The summed E-state index contributed by atoms with van der Waals surface area (Å²) in [5, 5.41) is 13.4. The predicted octanol–water partition coefficient (Wildman–Crippen LogP) is 2.78. The van der Waals surface area contributed by atoms with Crippen molar-refractivity contribution in [1.29, 1.82) is 0 Å². The standard InChI is InChI=1S/C17H34N2O/c1-4-16(3)9-11-19(12-10-16)15-7-6-8-17(13-15,14-20)18-5-2/h15,18,20H,4-14H2,1-3H3. The van der Waals surface area contributed by atoms with Crippen molar-refractivity contribution in [2.24, 2.45) is 5.41 Å². The molecule has 0 aromatic rings. The predicted molar refractivity (Wildman–Crippen MR) is 85.0 cm³/mol. The van der Waals surface area contributed by atoms with E-state index in [1.807, 2.05) is 0 Å². The van der Waals surface area contributed by atoms with Crippen LogP contribution in [0, 0.1) is 5.41 Å². The molecule has 2 unspecified atom stereocenters. The number of likely N-dealkylation sites (tertiary alicyclic amines) is 1. The number of aliphatic hydroxyl groups excluding tert-OH is 1. The zero-order valence-electron chi connectivity index (χ0n) is 13.7. The van der Waals surface area contributed by atoms with Gasteiger partial charge in [0.25, 0.3) is 0 Å². The van der Waals surface area contributed by atoms with E-state index in [1.54, 1.807) is 0 Å². The molecule has 1 saturated heterocycles. The third kappa shape index (κ3) is 3.55. The minimum atomic E-state index is -0.0107. The van der Waals surface area contributed by atoms with Crippen LogP contribution in [0.15, 0.2) is 0 Å². The molecular weight excluding hydrogens is 248 g/mol. The first-order chi connectivity index (χ1) is 9.56. The van der Waals surface area contributed by atoms with E-state index in [0.717, 1.165) is 19.4 Å². The Hall–Kier alpha value is -0.120. The second-order valence-electron chi connectivity index (χ2n) is 7.42. The fourth-order valence-corrected chi connectivity index (χ4v) is 4.16. The number of hydrogen-bond acceptors (Lipinski definition) is 3. The van der Waals surface area contributed by atoms with Crippen molar-refractivity contribution in [2.75, 3.05) is 26.2 Å². The number of likely N-dealkylation sites (N-methyl/N-ethyl adjacent to an activating group) is 1. The van der Waals surface area contributed by atoms with Gasteiger partial charge in [-0.15, -0.1) is 0 Å². The highest BCUT2D eigenvalue weighted by molar-refractivity contribution is 4.97. The molecule has 0 aromatic heterocycles. The summed E-state index contributed by atoms with van der Waals surface area (Å²) in [5.41, 5.74) is 0.560. The molecule has 1 aliphatic carbocycles. The molecule has 1 aliphatic heterocycles. The maximum Gasteiger partial charge on any atom is 0.0613 e. The van der Waals surface area contributed by atoms with E-state index in [2.05, 4.69) is 31.0 Å². The highest BCUT2D eigenvalue weighted by atomic mass is 16.3. The molecule has 2 rings (SSSR count). The molecule has 2 fully saturated rings. The quantitative estimate of drug-likeness (QED) is 0.814. The van der Waals surface area contributed by atoms with Crippen molar-refractivity contribution in [3.8, 4) is 0 Å². The summed E-state index contributed by atoms with van der Waals surface area (Å²) in [4.78, 5) is 2.71. The van der Waals surface area contributed by atoms with Gasteiger partial charge in [0.05, 0.1) is 6.61 Å². The van der Waals surface area contributed by atoms with Gasteiger partial charge in [-0.3, -0.25) is 0 Å². The average Bonchev–Trinajstić information content (AvgIpc) is 2.48. The molecule has 2 aliphatic rings. The summed E-state index contributed by atoms with van der Waals surface area (Å²) in [7, 11) is 0. The summed E-state index contributed by atoms with van der Waals surface area (Å²) >= 11 is 0. The van der Waals surface area contributed by atoms with Gasteiger partial charge in [-0.2, -0.15) is 0 Å². The fraction of sp³-hybridized carbons (Fsp3) is 1.00. The molecule has 3 heteroatoms. The maximum atomic E-state index is 9.83. The van der Waals surface area contributed by atoms with E-state index in [9.17, 15) is 5.11 Å². The van der Waals surface area contributed by atoms with Gasteiger partial charge in [-0.05, 0) is 63.6 Å². The van der Waals surface area contributed by atoms with Crippen molar-refractivity contribution in [2.45, 2.75) is 77.3 Å². The van der Waals surface area contributed by atoms with Crippen LogP contribution < -0.4 is 5.32 Å². The number of piperidine rings is 1. The second-order valence-corrected chi connectivity index (χ2v) is 7.42. The van der Waals surface area contributed by atoms with Crippen LogP contribution in [0.3, 0.4) is 0 Å². The Morgan fingerprint density at radius 3 is 2.45 bits per heavy atom. The molecule has 20 heavy (non-hydrogen) atoms. The zero-order chi connectivity index (χ0) is 14.6. The fourth-order valence-electron chi connectivity index (χ4n) is 4.16. The first kappa shape index (κ1) is 16.3. The monoisotopic (exact) mass is 282 g/mol. The van der Waals surface area contributed by atoms with Crippen LogP contribution in [-0.2, 0) is 0 Å². The Morgan fingerprint density at radius 2 is 1.90 bits per heavy atom. The molecule has 0 aromatic carbocycles. The molecule has 0 amide bonds. The Balaban J connectivity index is 1.93. The highest BCUT2D eigenvalue weighted by Gasteiger charge is 2.39. The van der Waals surface area contributed by atoms with Crippen molar-refractivity contribution in [3.05, 3.63) is 0 Å². The van der Waals surface area contributed by atoms with Crippen molar-refractivity contribution in [3.63, 3.8) is 0 Å². The van der Waals surface area contributed by atoms with E-state index in [-0.39, 0.29) is 12.1 Å². The van der Waals surface area contributed by atoms with Gasteiger partial charge in [-0.25, -0.2) is 0 Å². The maximum absolute atomic E-state index is 9.83. The summed E-state index contributed by atoms with van der Waals surface area (Å²) in [6, 6.07) is 0.677. The summed E-state index contributed by atoms with van der Waals surface area (Å²) < 4.78 is 0. The SMILES string of the molecule is CCNC1(CO)CCCC(N2CCC(C)(CC)CC2)C1. The minimum Gasteiger partial charge on any atom is -0.394 e. The molecule has 1 saturated carbocycles. The van der Waals surface area contributed by atoms with E-state index in [4.69, 9.17) is 0 Å². The number of nitrogens with one attached hydrogen (secondary N) is 1. The van der Waals surface area contributed by atoms with Gasteiger partial charge in [-0.1, -0.05) is 27.2 Å². The molecule has 2 N–H and O–H groups in total. The Kier molecular flexibility index (Phi) is 5.49. The number of aliphatic hydroxyl groups is 1. The van der Waals surface area contributed by atoms with Crippen molar-refractivity contribution in [1.82, 2.24) is 10.2 Å². The molecule has 2 atom stereocenters. The van der Waals surface area contributed by atoms with Crippen LogP contribution in [0.2, 0.25) is 0 Å². The van der Waals surface area contributed by atoms with E-state index < -0.39 is 0 Å². The lowest BCUT2D eigenvalue weighted by Gasteiger charge is -2.48. The van der Waals surface area contributed by atoms with Crippen LogP contribution in [0.5, 0.6) is 0 Å². The van der Waals surface area contributed by atoms with Crippen LogP contribution in [0.25, 0.3) is 0 Å². The largest absolute Gasteiger partial charge is 0.394 e. The summed E-state index contributed by atoms with van der Waals surface area (Å²) in [6.07, 6.45) is 8.81. The summed E-state index contributed by atoms with van der Waals surface area (Å²) in [5.74, 6) is 0. The summed E-state index contributed by atoms with van der Waals surface area (Å²) in [6.45, 7) is 10.7. The third-order valence-corrected chi connectivity index (χ3v) is 6.05. The van der Waals surface area contributed by atoms with Gasteiger partial charge in [0, 0.05) is 11.6 Å². The third-order valence-electron chi connectivity index (χ3n) is 6.05. The molecule has 118 valence electrons. The molecule has 3 nitrogen and oxygen atoms in total. The van der Waals surface area contributed by atoms with Gasteiger partial charge >= 0.3 is 0 Å². The van der Waals surface area contributed by atoms with E-state index >= 15 is 0 Å². The Labute approximate surface area is 125 Å². The van der Waals surface area contributed by atoms with Crippen LogP contribution in [-0.4, -0.2) is 47.8 Å². The van der Waals surface area contributed by atoms with Crippen molar-refractivity contribution < 1.29 is 5.11 Å². The molecular formula is C17H34N2O. The lowest BCUT2D eigenvalue weighted by atomic mass is 9.75. The first-order valence-corrected chi connectivity index (χ1v) is 8.66. The van der Waals surface area contributed by atoms with E-state index in [1.165, 1.54) is 45.2 Å². The van der Waals surface area contributed by atoms with Gasteiger partial charge in [0.15, 0.2) is 0 Å². The van der Waals surface area contributed by atoms with Crippen LogP contribution >= 0.6 is 0 Å². The normalized spacial score (nSPS) is 35.1. The number of rotatable bonds is 5. The topological polar surface area (TPSA) is 35.5 Å². The van der Waals surface area contributed by atoms with Gasteiger partial charge in [0.1, 0.15) is 0 Å². The number of nitrogens with zero attached hydrogens (tertiary/aromatic N) is 1. The first-order valence-electron chi connectivity index (χ1n) is 8.66. The van der Waals surface area contributed by atoms with Crippen LogP contribution in [0.1, 0.15) is 65.7 Å². The average molecular weight is 282 g/mol. The Morgan fingerprint density at radius 1 is 1.20 bits per heavy atom. The zero-order valence-corrected chi connectivity index (χ0v) is 13.7. The molecule has 1 heterocycles. The smallest absolute Gasteiger partial charge is 0.0613 e. The second kappa shape index (κ2) is 6.76. The molecule has 0 radical (unpaired) electrons. The number of hydrogen-bond donors (Lipinski definition) is 2. The molecule has 0 spiro atoms. The lowest BCUT2D eigenvalue weighted by Crippen LogP contribution is -2.57. The van der Waals surface area contributed by atoms with Crippen molar-refractivity contribution >= 4 is 0 Å². The van der Waals surface area contributed by atoms with E-state index in [0.29, 0.717) is 11.5 Å². The lowest BCUT2D eigenvalue weighted by molar-refractivity contribution is 0.0257. The van der Waals surface area contributed by atoms with Gasteiger partial charge in [0.2, 0.25) is 0 Å². The van der Waals surface area contributed by atoms with Crippen LogP contribution in [0.4, 0.5) is 0 Å². The molecule has 0 bridgehead atoms. The minimum absolute atomic E-state index is 0.0107.